The molecule has 2 N–H and O–H groups in total. The largest absolute Gasteiger partial charge is 0.455 e. The first-order valence-corrected chi connectivity index (χ1v) is 16.9. The highest BCUT2D eigenvalue weighted by molar-refractivity contribution is 9.11. The number of aliphatic hydroxyl groups is 1. The number of rotatable bonds is 5. The second kappa shape index (κ2) is 13.4. The van der Waals surface area contributed by atoms with Crippen molar-refractivity contribution in [3.8, 4) is 0 Å². The first-order chi connectivity index (χ1) is 22.6. The average molecular weight is 707 g/mol. The molecule has 0 unspecified atom stereocenters. The van der Waals surface area contributed by atoms with E-state index in [0.717, 1.165) is 16.8 Å². The number of nitrogens with one attached hydrogen (secondary N) is 1. The second-order valence-corrected chi connectivity index (χ2v) is 13.7. The molecule has 5 bridgehead atoms. The van der Waals surface area contributed by atoms with E-state index in [2.05, 4.69) is 21.2 Å². The van der Waals surface area contributed by atoms with Gasteiger partial charge in [-0.15, -0.1) is 0 Å². The smallest absolute Gasteiger partial charge is 0.313 e. The van der Waals surface area contributed by atoms with Crippen LogP contribution in [0.25, 0.3) is 0 Å². The summed E-state index contributed by atoms with van der Waals surface area (Å²) < 4.78 is 13.4. The number of amides is 3. The number of allylic oxidation sites excluding steroid dienone is 1. The zero-order valence-corrected chi connectivity index (χ0v) is 28.3. The van der Waals surface area contributed by atoms with Crippen molar-refractivity contribution in [1.82, 2.24) is 10.2 Å². The molecule has 3 amide bonds. The van der Waals surface area contributed by atoms with E-state index in [4.69, 9.17) is 9.47 Å². The minimum Gasteiger partial charge on any atom is -0.455 e. The standard InChI is InChI=1S/C36H40BrN3O7/c1-21-12-10-13-22(2)29(21)39-17-9-5-8-16-26(42)38-23(3)30(24-14-6-4-7-15-24)46-35(45)27-28-33(43)40(18-11-19-41)32(34(39)44)36(28)20-25(37)31(27)47-36/h4-7,9-10,12-15,20,23,27-28,30-32,41H,8,11,16-19H2,1-3H3,(H,38,42)/b9-5-/t23-,27+,28-,30+,31+,32+,36-/m0/s1. The number of fused-ring (bicyclic) bond motifs is 2. The Morgan fingerprint density at radius 1 is 0.979 bits per heavy atom. The van der Waals surface area contributed by atoms with Crippen molar-refractivity contribution in [1.29, 1.82) is 0 Å². The number of carbonyl (C=O) groups is 4. The lowest BCUT2D eigenvalue weighted by Gasteiger charge is -2.36. The molecule has 7 atom stereocenters. The number of aryl methyl sites for hydroxylation is 2. The molecule has 2 aromatic carbocycles. The summed E-state index contributed by atoms with van der Waals surface area (Å²) in [5.41, 5.74) is 1.74. The fraction of sp³-hybridized carbons (Fsp3) is 0.444. The number of hydrogen-bond donors (Lipinski definition) is 2. The van der Waals surface area contributed by atoms with E-state index in [1.807, 2.05) is 74.5 Å². The van der Waals surface area contributed by atoms with Crippen LogP contribution in [0.3, 0.4) is 0 Å². The number of para-hydroxylation sites is 1. The molecule has 0 aliphatic carbocycles. The number of halogens is 1. The molecule has 2 aromatic rings. The highest BCUT2D eigenvalue weighted by atomic mass is 79.9. The zero-order valence-electron chi connectivity index (χ0n) is 26.7. The number of cyclic esters (lactones) is 1. The minimum absolute atomic E-state index is 0.109. The number of anilines is 1. The number of nitrogens with zero attached hydrogens (tertiary/aromatic N) is 2. The molecule has 0 saturated carbocycles. The van der Waals surface area contributed by atoms with E-state index >= 15 is 0 Å². The van der Waals surface area contributed by atoms with Crippen LogP contribution in [-0.2, 0) is 28.7 Å². The monoisotopic (exact) mass is 705 g/mol. The Kier molecular flexibility index (Phi) is 9.42. The molecule has 11 heteroatoms. The van der Waals surface area contributed by atoms with E-state index in [1.54, 1.807) is 17.9 Å². The molecule has 4 aliphatic heterocycles. The van der Waals surface area contributed by atoms with Gasteiger partial charge in [0.2, 0.25) is 11.8 Å². The summed E-state index contributed by atoms with van der Waals surface area (Å²) in [6.07, 6.45) is 4.73. The van der Waals surface area contributed by atoms with E-state index in [0.29, 0.717) is 16.5 Å². The maximum Gasteiger partial charge on any atom is 0.313 e. The van der Waals surface area contributed by atoms with Gasteiger partial charge in [-0.05, 0) is 56.4 Å². The van der Waals surface area contributed by atoms with Gasteiger partial charge in [-0.25, -0.2) is 0 Å². The molecule has 10 nitrogen and oxygen atoms in total. The van der Waals surface area contributed by atoms with Crippen LogP contribution in [0.15, 0.2) is 71.2 Å². The van der Waals surface area contributed by atoms with Crippen LogP contribution in [0, 0.1) is 25.7 Å². The van der Waals surface area contributed by atoms with Crippen LogP contribution in [-0.4, -0.2) is 77.2 Å². The summed E-state index contributed by atoms with van der Waals surface area (Å²) in [6.45, 7) is 5.77. The molecule has 2 saturated heterocycles. The topological polar surface area (TPSA) is 125 Å². The van der Waals surface area contributed by atoms with Gasteiger partial charge in [-0.1, -0.05) is 76.6 Å². The number of benzene rings is 2. The zero-order chi connectivity index (χ0) is 33.5. The van der Waals surface area contributed by atoms with Crippen LogP contribution in [0.2, 0.25) is 0 Å². The minimum atomic E-state index is -1.44. The molecule has 1 spiro atoms. The number of carbonyl (C=O) groups excluding carboxylic acids is 4. The quantitative estimate of drug-likeness (QED) is 0.356. The highest BCUT2D eigenvalue weighted by Gasteiger charge is 2.75. The molecule has 2 fully saturated rings. The van der Waals surface area contributed by atoms with Crippen LogP contribution in [0.5, 0.6) is 0 Å². The Hall–Kier alpha value is -3.80. The molecule has 47 heavy (non-hydrogen) atoms. The highest BCUT2D eigenvalue weighted by Crippen LogP contribution is 2.59. The van der Waals surface area contributed by atoms with Gasteiger partial charge in [0.15, 0.2) is 0 Å². The van der Waals surface area contributed by atoms with Gasteiger partial charge < -0.3 is 29.7 Å². The van der Waals surface area contributed by atoms with Crippen molar-refractivity contribution in [2.75, 3.05) is 24.6 Å². The van der Waals surface area contributed by atoms with Crippen molar-refractivity contribution >= 4 is 45.3 Å². The number of likely N-dealkylation sites (tertiary alicyclic amines) is 1. The van der Waals surface area contributed by atoms with E-state index in [-0.39, 0.29) is 44.4 Å². The molecular formula is C36H40BrN3O7. The average Bonchev–Trinajstić information content (AvgIpc) is 3.64. The predicted octanol–water partition coefficient (Wildman–Crippen LogP) is 4.03. The van der Waals surface area contributed by atoms with Crippen LogP contribution in [0.4, 0.5) is 5.69 Å². The summed E-state index contributed by atoms with van der Waals surface area (Å²) in [5.74, 6) is -3.68. The first-order valence-electron chi connectivity index (χ1n) is 16.1. The molecule has 4 heterocycles. The number of ether oxygens (including phenoxy) is 2. The lowest BCUT2D eigenvalue weighted by atomic mass is 9.74. The fourth-order valence-electron chi connectivity index (χ4n) is 7.64. The van der Waals surface area contributed by atoms with Gasteiger partial charge in [0.1, 0.15) is 29.8 Å². The summed E-state index contributed by atoms with van der Waals surface area (Å²) in [6, 6.07) is 13.3. The third kappa shape index (κ3) is 5.83. The lowest BCUT2D eigenvalue weighted by Crippen LogP contribution is -2.56. The third-order valence-electron chi connectivity index (χ3n) is 9.67. The Bertz CT molecular complexity index is 1610. The second-order valence-electron chi connectivity index (χ2n) is 12.8. The number of esters is 1. The lowest BCUT2D eigenvalue weighted by molar-refractivity contribution is -0.161. The number of aliphatic hydroxyl groups excluding tert-OH is 1. The van der Waals surface area contributed by atoms with Crippen LogP contribution >= 0.6 is 15.9 Å². The summed E-state index contributed by atoms with van der Waals surface area (Å²) in [4.78, 5) is 59.9. The molecule has 6 rings (SSSR count). The van der Waals surface area contributed by atoms with Crippen molar-refractivity contribution < 1.29 is 33.8 Å². The SMILES string of the molecule is Cc1cccc(C)c1N1C/C=C\CCC(=O)N[C@@H](C)[C@H](c2ccccc2)OC(=O)[C@H]2[C@@H]3O[C@@]4(C=C3Br)[C@@H]2C(=O)N(CCCO)[C@@H]4C1=O. The summed E-state index contributed by atoms with van der Waals surface area (Å²) >= 11 is 3.60. The Labute approximate surface area is 282 Å². The summed E-state index contributed by atoms with van der Waals surface area (Å²) in [7, 11) is 0. The third-order valence-corrected chi connectivity index (χ3v) is 10.4. The van der Waals surface area contributed by atoms with Crippen LogP contribution < -0.4 is 10.2 Å². The van der Waals surface area contributed by atoms with Crippen LogP contribution in [0.1, 0.15) is 49.0 Å². The van der Waals surface area contributed by atoms with Gasteiger partial charge >= 0.3 is 5.97 Å². The maximum absolute atomic E-state index is 15.0. The molecule has 248 valence electrons. The molecule has 0 radical (unpaired) electrons. The molecular weight excluding hydrogens is 666 g/mol. The van der Waals surface area contributed by atoms with Gasteiger partial charge in [0.25, 0.3) is 5.91 Å². The van der Waals surface area contributed by atoms with Gasteiger partial charge in [-0.3, -0.25) is 19.2 Å². The summed E-state index contributed by atoms with van der Waals surface area (Å²) in [5, 5.41) is 12.8. The normalized spacial score (nSPS) is 31.8. The Morgan fingerprint density at radius 2 is 1.70 bits per heavy atom. The van der Waals surface area contributed by atoms with E-state index in [9.17, 15) is 24.3 Å². The van der Waals surface area contributed by atoms with Crippen molar-refractivity contribution in [2.24, 2.45) is 11.8 Å². The van der Waals surface area contributed by atoms with Gasteiger partial charge in [0.05, 0.1) is 12.0 Å². The van der Waals surface area contributed by atoms with Crippen molar-refractivity contribution in [3.63, 3.8) is 0 Å². The first kappa shape index (κ1) is 33.1. The maximum atomic E-state index is 15.0. The van der Waals surface area contributed by atoms with Gasteiger partial charge in [-0.2, -0.15) is 0 Å². The predicted molar refractivity (Wildman–Crippen MR) is 178 cm³/mol. The van der Waals surface area contributed by atoms with E-state index < -0.39 is 53.6 Å². The molecule has 0 aromatic heterocycles. The van der Waals surface area contributed by atoms with Crippen molar-refractivity contribution in [3.05, 3.63) is 87.9 Å². The fourth-order valence-corrected chi connectivity index (χ4v) is 8.37. The Morgan fingerprint density at radius 3 is 2.40 bits per heavy atom. The number of hydrogen-bond acceptors (Lipinski definition) is 7. The van der Waals surface area contributed by atoms with E-state index in [1.165, 1.54) is 4.90 Å². The molecule has 4 aliphatic rings. The van der Waals surface area contributed by atoms with Crippen molar-refractivity contribution in [2.45, 2.75) is 69.9 Å². The Balaban J connectivity index is 1.48. The van der Waals surface area contributed by atoms with Gasteiger partial charge in [0, 0.05) is 36.3 Å².